The molecular formula is C42H39BrF3N13O3. The summed E-state index contributed by atoms with van der Waals surface area (Å²) in [5.41, 5.74) is 3.55. The van der Waals surface area contributed by atoms with Crippen molar-refractivity contribution in [1.29, 1.82) is 0 Å². The second kappa shape index (κ2) is 18.6. The third kappa shape index (κ3) is 11.7. The molecule has 2 aromatic carbocycles. The summed E-state index contributed by atoms with van der Waals surface area (Å²) in [6, 6.07) is 21.8. The van der Waals surface area contributed by atoms with Crippen LogP contribution in [0.25, 0.3) is 10.9 Å². The molecule has 62 heavy (non-hydrogen) atoms. The lowest BCUT2D eigenvalue weighted by atomic mass is 10.1. The number of carbonyl (C=O) groups is 2. The molecule has 0 radical (unpaired) electrons. The third-order valence-electron chi connectivity index (χ3n) is 8.68. The Kier molecular flexibility index (Phi) is 12.9. The fourth-order valence-corrected chi connectivity index (χ4v) is 6.30. The Labute approximate surface area is 361 Å². The molecule has 0 aliphatic carbocycles. The van der Waals surface area contributed by atoms with Gasteiger partial charge < -0.3 is 31.3 Å². The lowest BCUT2D eigenvalue weighted by Crippen LogP contribution is -2.26. The van der Waals surface area contributed by atoms with E-state index < -0.39 is 17.3 Å². The molecule has 0 spiro atoms. The molecule has 20 heteroatoms. The smallest absolute Gasteiger partial charge is 0.421 e. The maximum atomic E-state index is 13.3. The van der Waals surface area contributed by atoms with Gasteiger partial charge in [-0.2, -0.15) is 28.2 Å². The number of fused-ring (bicyclic) bond motifs is 2. The van der Waals surface area contributed by atoms with Crippen molar-refractivity contribution in [2.24, 2.45) is 0 Å². The number of nitrogens with zero attached hydrogens (tertiary/aromatic N) is 8. The van der Waals surface area contributed by atoms with Gasteiger partial charge in [-0.15, -0.1) is 0 Å². The quantitative estimate of drug-likeness (QED) is 0.0732. The fraction of sp³-hybridized carbons (Fsp3) is 0.214. The van der Waals surface area contributed by atoms with E-state index in [1.54, 1.807) is 59.7 Å². The molecule has 8 rings (SSSR count). The van der Waals surface area contributed by atoms with E-state index in [0.717, 1.165) is 38.5 Å². The zero-order valence-corrected chi connectivity index (χ0v) is 35.0. The standard InChI is InChI=1S/C23H24BrN7O2.C19H15F3N6O/c1-23(2,3)33-20(32)14-31-13-15-7-8-16(10-19(15)30-31)28-22-27-12-18(24)21(29-22)26-11-17-6-4-5-9-25-17;20-19(21,22)14-10-25-18(28-17(14)24-9-13-3-1-2-6-23-13)26-12-5-4-11-7-16(29)27-15(11)8-12/h4-10,12-13H,11,14H2,1-3H3,(H2,26,27,28,29);1-6,8,10H,7,9H2,(H,27,29)(H2,24,25,26,28). The molecule has 1 aliphatic heterocycles. The molecule has 6 heterocycles. The number of esters is 1. The average molecular weight is 911 g/mol. The molecule has 0 unspecified atom stereocenters. The van der Waals surface area contributed by atoms with Gasteiger partial charge in [0, 0.05) is 53.4 Å². The van der Waals surface area contributed by atoms with E-state index in [1.165, 1.54) is 0 Å². The van der Waals surface area contributed by atoms with E-state index in [0.29, 0.717) is 41.8 Å². The van der Waals surface area contributed by atoms with E-state index >= 15 is 0 Å². The van der Waals surface area contributed by atoms with E-state index in [1.807, 2.05) is 63.4 Å². The highest BCUT2D eigenvalue weighted by molar-refractivity contribution is 9.10. The zero-order valence-electron chi connectivity index (χ0n) is 33.5. The first-order chi connectivity index (χ1) is 29.6. The number of aromatic nitrogens is 8. The van der Waals surface area contributed by atoms with Gasteiger partial charge in [0.25, 0.3) is 0 Å². The monoisotopic (exact) mass is 909 g/mol. The predicted molar refractivity (Wildman–Crippen MR) is 231 cm³/mol. The predicted octanol–water partition coefficient (Wildman–Crippen LogP) is 8.42. The van der Waals surface area contributed by atoms with Crippen molar-refractivity contribution in [1.82, 2.24) is 39.7 Å². The molecule has 318 valence electrons. The summed E-state index contributed by atoms with van der Waals surface area (Å²) in [4.78, 5) is 48.6. The van der Waals surface area contributed by atoms with Crippen molar-refractivity contribution in [2.75, 3.05) is 26.6 Å². The van der Waals surface area contributed by atoms with Gasteiger partial charge in [-0.1, -0.05) is 18.2 Å². The van der Waals surface area contributed by atoms with Gasteiger partial charge in [0.1, 0.15) is 29.3 Å². The molecule has 0 atom stereocenters. The third-order valence-corrected chi connectivity index (χ3v) is 9.26. The Morgan fingerprint density at radius 3 is 2.10 bits per heavy atom. The summed E-state index contributed by atoms with van der Waals surface area (Å²) in [6.07, 6.45) is 3.23. The Hall–Kier alpha value is -7.22. The van der Waals surface area contributed by atoms with Crippen molar-refractivity contribution >= 4 is 79.3 Å². The number of ether oxygens (including phenoxy) is 1. The zero-order chi connectivity index (χ0) is 43.9. The van der Waals surface area contributed by atoms with Crippen molar-refractivity contribution in [2.45, 2.75) is 58.6 Å². The first-order valence-corrected chi connectivity index (χ1v) is 19.8. The van der Waals surface area contributed by atoms with Gasteiger partial charge >= 0.3 is 12.1 Å². The van der Waals surface area contributed by atoms with Crippen LogP contribution in [0.3, 0.4) is 0 Å². The van der Waals surface area contributed by atoms with Gasteiger partial charge in [-0.25, -0.2) is 9.97 Å². The summed E-state index contributed by atoms with van der Waals surface area (Å²) in [7, 11) is 0. The summed E-state index contributed by atoms with van der Waals surface area (Å²) >= 11 is 3.48. The molecule has 0 saturated heterocycles. The number of amides is 1. The fourth-order valence-electron chi connectivity index (χ4n) is 5.97. The van der Waals surface area contributed by atoms with Crippen LogP contribution in [-0.2, 0) is 46.6 Å². The van der Waals surface area contributed by atoms with Gasteiger partial charge in [0.05, 0.1) is 40.9 Å². The van der Waals surface area contributed by atoms with Crippen LogP contribution in [0, 0.1) is 0 Å². The van der Waals surface area contributed by atoms with Gasteiger partial charge in [-0.05, 0) is 96.9 Å². The van der Waals surface area contributed by atoms with Crippen molar-refractivity contribution < 1.29 is 27.5 Å². The van der Waals surface area contributed by atoms with Crippen molar-refractivity contribution in [3.05, 3.63) is 131 Å². The number of carbonyl (C=O) groups excluding carboxylic acids is 2. The molecule has 0 bridgehead atoms. The number of pyridine rings is 2. The highest BCUT2D eigenvalue weighted by Gasteiger charge is 2.35. The maximum absolute atomic E-state index is 13.3. The minimum Gasteiger partial charge on any atom is -0.459 e. The molecule has 7 aromatic rings. The Bertz CT molecular complexity index is 2700. The van der Waals surface area contributed by atoms with Crippen LogP contribution in [-0.4, -0.2) is 57.2 Å². The number of nitrogens with one attached hydrogen (secondary N) is 5. The number of halogens is 4. The van der Waals surface area contributed by atoms with Crippen LogP contribution < -0.4 is 26.6 Å². The summed E-state index contributed by atoms with van der Waals surface area (Å²) in [6.45, 7) is 6.18. The van der Waals surface area contributed by atoms with Crippen LogP contribution in [0.4, 0.5) is 53.8 Å². The highest BCUT2D eigenvalue weighted by atomic mass is 79.9. The van der Waals surface area contributed by atoms with Crippen molar-refractivity contribution in [3.63, 3.8) is 0 Å². The molecule has 5 N–H and O–H groups in total. The molecule has 0 saturated carbocycles. The minimum absolute atomic E-state index is 0.00852. The van der Waals surface area contributed by atoms with Crippen LogP contribution in [0.5, 0.6) is 0 Å². The first kappa shape index (κ1) is 42.9. The molecule has 0 fully saturated rings. The maximum Gasteiger partial charge on any atom is 0.421 e. The van der Waals surface area contributed by atoms with Crippen LogP contribution in [0.2, 0.25) is 0 Å². The van der Waals surface area contributed by atoms with E-state index in [9.17, 15) is 22.8 Å². The van der Waals surface area contributed by atoms with Crippen LogP contribution in [0.15, 0.2) is 108 Å². The van der Waals surface area contributed by atoms with Gasteiger partial charge in [0.15, 0.2) is 0 Å². The molecule has 16 nitrogen and oxygen atoms in total. The van der Waals surface area contributed by atoms with Crippen molar-refractivity contribution in [3.8, 4) is 0 Å². The van der Waals surface area contributed by atoms with E-state index in [-0.39, 0.29) is 36.7 Å². The van der Waals surface area contributed by atoms with Gasteiger partial charge in [-0.3, -0.25) is 24.2 Å². The Morgan fingerprint density at radius 1 is 0.823 bits per heavy atom. The Morgan fingerprint density at radius 2 is 1.45 bits per heavy atom. The number of anilines is 7. The first-order valence-electron chi connectivity index (χ1n) is 19.0. The number of alkyl halides is 3. The molecule has 1 amide bonds. The highest BCUT2D eigenvalue weighted by Crippen LogP contribution is 2.35. The number of hydrogen-bond donors (Lipinski definition) is 5. The summed E-state index contributed by atoms with van der Waals surface area (Å²) in [5.74, 6) is 0.294. The second-order valence-electron chi connectivity index (χ2n) is 14.7. The average Bonchev–Trinajstić information content (AvgIpc) is 3.81. The van der Waals surface area contributed by atoms with Crippen LogP contribution in [0.1, 0.15) is 43.3 Å². The minimum atomic E-state index is -4.61. The second-order valence-corrected chi connectivity index (χ2v) is 15.6. The normalized spacial score (nSPS) is 12.1. The van der Waals surface area contributed by atoms with E-state index in [2.05, 4.69) is 77.5 Å². The number of benzene rings is 2. The Balaban J connectivity index is 0.000000188. The number of hydrogen-bond acceptors (Lipinski definition) is 14. The van der Waals surface area contributed by atoms with Crippen LogP contribution >= 0.6 is 15.9 Å². The lowest BCUT2D eigenvalue weighted by molar-refractivity contribution is -0.155. The SMILES string of the molecule is CC(C)(C)OC(=O)Cn1cc2ccc(Nc3ncc(Br)c(NCc4ccccn4)n3)cc2n1.O=C1Cc2ccc(Nc3ncc(C(F)(F)F)c(NCc4ccccn4)n3)cc2N1. The number of rotatable bonds is 12. The van der Waals surface area contributed by atoms with Gasteiger partial charge in [0.2, 0.25) is 17.8 Å². The lowest BCUT2D eigenvalue weighted by Gasteiger charge is -2.19. The molecular weight excluding hydrogens is 871 g/mol. The molecule has 5 aromatic heterocycles. The summed E-state index contributed by atoms with van der Waals surface area (Å²) in [5, 5.41) is 20.1. The molecule has 1 aliphatic rings. The van der Waals surface area contributed by atoms with E-state index in [4.69, 9.17) is 4.74 Å². The largest absolute Gasteiger partial charge is 0.459 e. The topological polar surface area (TPSA) is 199 Å². The summed E-state index contributed by atoms with van der Waals surface area (Å²) < 4.78 is 47.7.